The van der Waals surface area contributed by atoms with Crippen molar-refractivity contribution in [2.75, 3.05) is 7.11 Å². The highest BCUT2D eigenvalue weighted by Gasteiger charge is 2.14. The van der Waals surface area contributed by atoms with Gasteiger partial charge in [0.25, 0.3) is 0 Å². The molecule has 0 saturated heterocycles. The lowest BCUT2D eigenvalue weighted by molar-refractivity contribution is 0.392. The summed E-state index contributed by atoms with van der Waals surface area (Å²) in [6.07, 6.45) is 8.88. The minimum absolute atomic E-state index is 0.177. The molecule has 3 N–H and O–H groups in total. The first-order valence-electron chi connectivity index (χ1n) is 7.83. The number of rotatable bonds is 10. The molecule has 1 aromatic carbocycles. The van der Waals surface area contributed by atoms with Crippen LogP contribution in [0.4, 0.5) is 0 Å². The lowest BCUT2D eigenvalue weighted by Crippen LogP contribution is -2.28. The molecule has 0 radical (unpaired) electrons. The number of hydrogen-bond acceptors (Lipinski definition) is 3. The van der Waals surface area contributed by atoms with Gasteiger partial charge in [0.05, 0.1) is 7.11 Å². The molecule has 3 heteroatoms. The van der Waals surface area contributed by atoms with Crippen molar-refractivity contribution in [1.82, 2.24) is 5.43 Å². The Morgan fingerprint density at radius 1 is 1.15 bits per heavy atom. The van der Waals surface area contributed by atoms with Gasteiger partial charge in [0, 0.05) is 11.6 Å². The van der Waals surface area contributed by atoms with Gasteiger partial charge in [0.1, 0.15) is 5.75 Å². The molecule has 0 aliphatic rings. The van der Waals surface area contributed by atoms with Gasteiger partial charge < -0.3 is 4.74 Å². The molecule has 20 heavy (non-hydrogen) atoms. The van der Waals surface area contributed by atoms with Gasteiger partial charge in [-0.15, -0.1) is 0 Å². The van der Waals surface area contributed by atoms with Crippen molar-refractivity contribution < 1.29 is 4.74 Å². The zero-order chi connectivity index (χ0) is 14.8. The van der Waals surface area contributed by atoms with Crippen LogP contribution in [0.25, 0.3) is 0 Å². The van der Waals surface area contributed by atoms with Gasteiger partial charge in [-0.2, -0.15) is 0 Å². The van der Waals surface area contributed by atoms with Gasteiger partial charge >= 0.3 is 0 Å². The summed E-state index contributed by atoms with van der Waals surface area (Å²) in [6, 6.07) is 6.44. The zero-order valence-electron chi connectivity index (χ0n) is 13.2. The first-order chi connectivity index (χ1) is 9.72. The van der Waals surface area contributed by atoms with Crippen molar-refractivity contribution in [3.8, 4) is 5.75 Å². The minimum atomic E-state index is 0.177. The number of methoxy groups -OCH3 is 1. The third kappa shape index (κ3) is 5.51. The molecule has 3 nitrogen and oxygen atoms in total. The summed E-state index contributed by atoms with van der Waals surface area (Å²) in [5.74, 6) is 6.66. The number of hydrazine groups is 1. The molecule has 1 unspecified atom stereocenters. The average Bonchev–Trinajstić information content (AvgIpc) is 2.46. The van der Waals surface area contributed by atoms with E-state index in [4.69, 9.17) is 10.6 Å². The van der Waals surface area contributed by atoms with Gasteiger partial charge in [0.15, 0.2) is 0 Å². The van der Waals surface area contributed by atoms with Gasteiger partial charge in [-0.1, -0.05) is 63.1 Å². The Hall–Kier alpha value is -1.06. The van der Waals surface area contributed by atoms with Crippen LogP contribution >= 0.6 is 0 Å². The van der Waals surface area contributed by atoms with E-state index < -0.39 is 0 Å². The van der Waals surface area contributed by atoms with Crippen LogP contribution in [0.1, 0.15) is 69.0 Å². The lowest BCUT2D eigenvalue weighted by atomic mass is 9.98. The number of benzene rings is 1. The topological polar surface area (TPSA) is 47.3 Å². The molecule has 0 heterocycles. The lowest BCUT2D eigenvalue weighted by Gasteiger charge is -2.19. The van der Waals surface area contributed by atoms with E-state index in [0.29, 0.717) is 0 Å². The maximum Gasteiger partial charge on any atom is 0.123 e. The molecule has 1 aromatic rings. The highest BCUT2D eigenvalue weighted by Crippen LogP contribution is 2.29. The van der Waals surface area contributed by atoms with Crippen LogP contribution in [0.3, 0.4) is 0 Å². The summed E-state index contributed by atoms with van der Waals surface area (Å²) in [5.41, 5.74) is 5.35. The van der Waals surface area contributed by atoms with Crippen LogP contribution in [-0.2, 0) is 0 Å². The highest BCUT2D eigenvalue weighted by molar-refractivity contribution is 5.39. The van der Waals surface area contributed by atoms with Crippen molar-refractivity contribution in [2.45, 2.75) is 64.8 Å². The van der Waals surface area contributed by atoms with E-state index in [1.54, 1.807) is 7.11 Å². The Balaban J connectivity index is 2.51. The van der Waals surface area contributed by atoms with Crippen LogP contribution in [0.5, 0.6) is 5.75 Å². The summed E-state index contributed by atoms with van der Waals surface area (Å²) in [7, 11) is 1.71. The average molecular weight is 278 g/mol. The number of aryl methyl sites for hydroxylation is 1. The van der Waals surface area contributed by atoms with Crippen LogP contribution in [0.15, 0.2) is 18.2 Å². The van der Waals surface area contributed by atoms with E-state index in [1.807, 2.05) is 6.07 Å². The van der Waals surface area contributed by atoms with Crippen LogP contribution in [0, 0.1) is 6.92 Å². The zero-order valence-corrected chi connectivity index (χ0v) is 13.2. The summed E-state index contributed by atoms with van der Waals surface area (Å²) in [6.45, 7) is 4.35. The fourth-order valence-electron chi connectivity index (χ4n) is 2.58. The standard InChI is InChI=1S/C17H30N2O/c1-4-5-6-7-8-9-10-16(19-18)15-13-14(2)11-12-17(15)20-3/h11-13,16,19H,4-10,18H2,1-3H3. The Kier molecular flexibility index (Phi) is 8.31. The summed E-state index contributed by atoms with van der Waals surface area (Å²) in [4.78, 5) is 0. The van der Waals surface area contributed by atoms with E-state index >= 15 is 0 Å². The SMILES string of the molecule is CCCCCCCCC(NN)c1cc(C)ccc1OC. The smallest absolute Gasteiger partial charge is 0.123 e. The monoisotopic (exact) mass is 278 g/mol. The third-order valence-electron chi connectivity index (χ3n) is 3.81. The summed E-state index contributed by atoms with van der Waals surface area (Å²) < 4.78 is 5.45. The molecule has 0 amide bonds. The molecule has 0 aliphatic heterocycles. The molecular weight excluding hydrogens is 248 g/mol. The number of unbranched alkanes of at least 4 members (excludes halogenated alkanes) is 5. The molecule has 0 fully saturated rings. The fourth-order valence-corrected chi connectivity index (χ4v) is 2.58. The van der Waals surface area contributed by atoms with Crippen LogP contribution in [0.2, 0.25) is 0 Å². The predicted octanol–water partition coefficient (Wildman–Crippen LogP) is 4.26. The van der Waals surface area contributed by atoms with Crippen molar-refractivity contribution in [2.24, 2.45) is 5.84 Å². The summed E-state index contributed by atoms with van der Waals surface area (Å²) in [5, 5.41) is 0. The minimum Gasteiger partial charge on any atom is -0.496 e. The molecule has 0 bridgehead atoms. The Morgan fingerprint density at radius 3 is 2.50 bits per heavy atom. The Bertz CT molecular complexity index is 379. The normalized spacial score (nSPS) is 12.4. The third-order valence-corrected chi connectivity index (χ3v) is 3.81. The predicted molar refractivity (Wildman–Crippen MR) is 85.8 cm³/mol. The second kappa shape index (κ2) is 9.78. The van der Waals surface area contributed by atoms with Crippen LogP contribution < -0.4 is 16.0 Å². The molecule has 1 atom stereocenters. The first-order valence-corrected chi connectivity index (χ1v) is 7.83. The highest BCUT2D eigenvalue weighted by atomic mass is 16.5. The Morgan fingerprint density at radius 2 is 1.85 bits per heavy atom. The summed E-state index contributed by atoms with van der Waals surface area (Å²) >= 11 is 0. The molecule has 0 spiro atoms. The maximum atomic E-state index is 5.74. The molecule has 0 saturated carbocycles. The number of hydrogen-bond donors (Lipinski definition) is 2. The fraction of sp³-hybridized carbons (Fsp3) is 0.647. The van der Waals surface area contributed by atoms with Crippen LogP contribution in [-0.4, -0.2) is 7.11 Å². The van der Waals surface area contributed by atoms with Gasteiger partial charge in [-0.3, -0.25) is 11.3 Å². The molecular formula is C17H30N2O. The Labute approximate surface area is 123 Å². The van der Waals surface area contributed by atoms with E-state index in [1.165, 1.54) is 49.7 Å². The maximum absolute atomic E-state index is 5.74. The van der Waals surface area contributed by atoms with E-state index in [-0.39, 0.29) is 6.04 Å². The van der Waals surface area contributed by atoms with E-state index in [0.717, 1.165) is 12.2 Å². The van der Waals surface area contributed by atoms with Gasteiger partial charge in [0.2, 0.25) is 0 Å². The molecule has 1 rings (SSSR count). The van der Waals surface area contributed by atoms with Gasteiger partial charge in [-0.25, -0.2) is 0 Å². The quantitative estimate of drug-likeness (QED) is 0.382. The van der Waals surface area contributed by atoms with Gasteiger partial charge in [-0.05, 0) is 19.4 Å². The van der Waals surface area contributed by atoms with E-state index in [2.05, 4.69) is 31.4 Å². The van der Waals surface area contributed by atoms with Crippen molar-refractivity contribution in [3.63, 3.8) is 0 Å². The van der Waals surface area contributed by atoms with Crippen molar-refractivity contribution in [1.29, 1.82) is 0 Å². The number of ether oxygens (including phenoxy) is 1. The van der Waals surface area contributed by atoms with E-state index in [9.17, 15) is 0 Å². The largest absolute Gasteiger partial charge is 0.496 e. The van der Waals surface area contributed by atoms with Crippen molar-refractivity contribution in [3.05, 3.63) is 29.3 Å². The molecule has 0 aliphatic carbocycles. The molecule has 114 valence electrons. The van der Waals surface area contributed by atoms with Crippen molar-refractivity contribution >= 4 is 0 Å². The first kappa shape index (κ1) is 17.0. The number of nitrogens with one attached hydrogen (secondary N) is 1. The number of nitrogens with two attached hydrogens (primary N) is 1. The second-order valence-electron chi connectivity index (χ2n) is 5.52. The molecule has 0 aromatic heterocycles. The second-order valence-corrected chi connectivity index (χ2v) is 5.52.